The molecule has 3 aliphatic rings. The molecular weight excluding hydrogens is 376 g/mol. The number of amides is 2. The summed E-state index contributed by atoms with van der Waals surface area (Å²) in [5.74, 6) is 0.851. The summed E-state index contributed by atoms with van der Waals surface area (Å²) in [4.78, 5) is 35.5. The van der Waals surface area contributed by atoms with Crippen LogP contribution in [0.15, 0.2) is 42.9 Å². The van der Waals surface area contributed by atoms with Gasteiger partial charge in [0.05, 0.1) is 17.4 Å². The van der Waals surface area contributed by atoms with Crippen molar-refractivity contribution in [1.29, 1.82) is 0 Å². The van der Waals surface area contributed by atoms with Crippen molar-refractivity contribution < 1.29 is 9.59 Å². The Morgan fingerprint density at radius 1 is 1.23 bits per heavy atom. The molecule has 5 rings (SSSR count). The number of carbonyl (C=O) groups excluding carboxylic acids is 2. The van der Waals surface area contributed by atoms with Crippen molar-refractivity contribution in [3.05, 3.63) is 54.1 Å². The molecule has 0 bridgehead atoms. The average molecular weight is 407 g/mol. The van der Waals surface area contributed by atoms with Crippen molar-refractivity contribution in [2.45, 2.75) is 45.1 Å². The van der Waals surface area contributed by atoms with E-state index in [1.165, 1.54) is 12.8 Å². The van der Waals surface area contributed by atoms with Crippen LogP contribution in [-0.4, -0.2) is 57.3 Å². The molecule has 3 heterocycles. The lowest BCUT2D eigenvalue weighted by atomic mass is 9.75. The fourth-order valence-electron chi connectivity index (χ4n) is 5.13. The molecule has 2 saturated heterocycles. The van der Waals surface area contributed by atoms with Gasteiger partial charge in [-0.15, -0.1) is 0 Å². The van der Waals surface area contributed by atoms with E-state index in [0.29, 0.717) is 30.6 Å². The third-order valence-corrected chi connectivity index (χ3v) is 7.14. The van der Waals surface area contributed by atoms with Gasteiger partial charge in [-0.05, 0) is 51.2 Å². The standard InChI is InChI=1S/C24H30N4O2/c1-17(2)28-14-21(25-16-28)20-13-27(22(29)19-6-4-3-5-7-19)15-24(20)10-11-26(23(24)30)12-18-8-9-18/h3-7,14,16-18,20H,8-13,15H2,1-2H3/t20-,24+/m0/s1. The maximum absolute atomic E-state index is 13.7. The minimum Gasteiger partial charge on any atom is -0.342 e. The first-order valence-electron chi connectivity index (χ1n) is 11.1. The van der Waals surface area contributed by atoms with E-state index < -0.39 is 5.41 Å². The molecule has 0 radical (unpaired) electrons. The summed E-state index contributed by atoms with van der Waals surface area (Å²) in [6, 6.07) is 9.71. The van der Waals surface area contributed by atoms with Crippen molar-refractivity contribution in [3.63, 3.8) is 0 Å². The summed E-state index contributed by atoms with van der Waals surface area (Å²) in [7, 11) is 0. The number of nitrogens with zero attached hydrogens (tertiary/aromatic N) is 4. The van der Waals surface area contributed by atoms with Crippen molar-refractivity contribution in [2.24, 2.45) is 11.3 Å². The van der Waals surface area contributed by atoms with E-state index in [4.69, 9.17) is 4.98 Å². The SMILES string of the molecule is CC(C)n1cnc([C@@H]2CN(C(=O)c3ccccc3)C[C@]23CCN(CC2CC2)C3=O)c1. The zero-order valence-electron chi connectivity index (χ0n) is 17.8. The molecule has 1 aromatic carbocycles. The van der Waals surface area contributed by atoms with Crippen LogP contribution < -0.4 is 0 Å². The van der Waals surface area contributed by atoms with Gasteiger partial charge in [0.1, 0.15) is 0 Å². The highest BCUT2D eigenvalue weighted by atomic mass is 16.2. The predicted octanol–water partition coefficient (Wildman–Crippen LogP) is 3.33. The summed E-state index contributed by atoms with van der Waals surface area (Å²) in [5, 5.41) is 0. The van der Waals surface area contributed by atoms with E-state index in [-0.39, 0.29) is 17.7 Å². The quantitative estimate of drug-likeness (QED) is 0.765. The fraction of sp³-hybridized carbons (Fsp3) is 0.542. The summed E-state index contributed by atoms with van der Waals surface area (Å²) in [6.07, 6.45) is 7.20. The molecule has 2 aromatic rings. The van der Waals surface area contributed by atoms with Crippen molar-refractivity contribution >= 4 is 11.8 Å². The summed E-state index contributed by atoms with van der Waals surface area (Å²) >= 11 is 0. The number of aromatic nitrogens is 2. The van der Waals surface area contributed by atoms with Crippen LogP contribution >= 0.6 is 0 Å². The fourth-order valence-corrected chi connectivity index (χ4v) is 5.13. The number of imidazole rings is 1. The van der Waals surface area contributed by atoms with Crippen LogP contribution in [0.1, 0.15) is 61.1 Å². The number of rotatable bonds is 5. The molecule has 6 nitrogen and oxygen atoms in total. The average Bonchev–Trinajstić information content (AvgIpc) is 3.17. The Kier molecular flexibility index (Phi) is 4.68. The first-order chi connectivity index (χ1) is 14.5. The Labute approximate surface area is 177 Å². The summed E-state index contributed by atoms with van der Waals surface area (Å²) < 4.78 is 2.09. The highest BCUT2D eigenvalue weighted by Crippen LogP contribution is 2.50. The third kappa shape index (κ3) is 3.22. The number of hydrogen-bond donors (Lipinski definition) is 0. The van der Waals surface area contributed by atoms with E-state index in [0.717, 1.165) is 25.2 Å². The van der Waals surface area contributed by atoms with Gasteiger partial charge < -0.3 is 14.4 Å². The first-order valence-corrected chi connectivity index (χ1v) is 11.1. The molecular formula is C24H30N4O2. The topological polar surface area (TPSA) is 58.4 Å². The highest BCUT2D eigenvalue weighted by molar-refractivity contribution is 5.96. The lowest BCUT2D eigenvalue weighted by Gasteiger charge is -2.28. The third-order valence-electron chi connectivity index (χ3n) is 7.14. The molecule has 1 spiro atoms. The van der Waals surface area contributed by atoms with Crippen LogP contribution in [-0.2, 0) is 4.79 Å². The number of hydrogen-bond acceptors (Lipinski definition) is 3. The van der Waals surface area contributed by atoms with Gasteiger partial charge in [-0.3, -0.25) is 9.59 Å². The molecule has 2 aliphatic heterocycles. The van der Waals surface area contributed by atoms with Gasteiger partial charge in [0.2, 0.25) is 5.91 Å². The lowest BCUT2D eigenvalue weighted by molar-refractivity contribution is -0.136. The Morgan fingerprint density at radius 3 is 2.67 bits per heavy atom. The second-order valence-corrected chi connectivity index (χ2v) is 9.54. The zero-order valence-corrected chi connectivity index (χ0v) is 17.8. The van der Waals surface area contributed by atoms with Crippen molar-refractivity contribution in [1.82, 2.24) is 19.4 Å². The van der Waals surface area contributed by atoms with Gasteiger partial charge in [0.15, 0.2) is 0 Å². The molecule has 2 amide bonds. The van der Waals surface area contributed by atoms with Crippen molar-refractivity contribution in [2.75, 3.05) is 26.2 Å². The number of likely N-dealkylation sites (tertiary alicyclic amines) is 2. The van der Waals surface area contributed by atoms with E-state index in [1.807, 2.05) is 41.6 Å². The van der Waals surface area contributed by atoms with Gasteiger partial charge in [-0.25, -0.2) is 4.98 Å². The maximum atomic E-state index is 13.7. The predicted molar refractivity (Wildman–Crippen MR) is 114 cm³/mol. The van der Waals surface area contributed by atoms with E-state index in [1.54, 1.807) is 0 Å². The minimum atomic E-state index is -0.546. The number of benzene rings is 1. The largest absolute Gasteiger partial charge is 0.342 e. The second-order valence-electron chi connectivity index (χ2n) is 9.54. The normalized spacial score (nSPS) is 26.4. The monoisotopic (exact) mass is 406 g/mol. The highest BCUT2D eigenvalue weighted by Gasteiger charge is 2.59. The van der Waals surface area contributed by atoms with Crippen LogP contribution in [0.5, 0.6) is 0 Å². The molecule has 1 aromatic heterocycles. The van der Waals surface area contributed by atoms with Gasteiger partial charge in [0, 0.05) is 49.9 Å². The van der Waals surface area contributed by atoms with Crippen LogP contribution in [0, 0.1) is 11.3 Å². The Morgan fingerprint density at radius 2 is 2.00 bits per heavy atom. The Bertz CT molecular complexity index is 949. The molecule has 2 atom stereocenters. The molecule has 0 N–H and O–H groups in total. The van der Waals surface area contributed by atoms with Gasteiger partial charge in [-0.2, -0.15) is 0 Å². The molecule has 1 saturated carbocycles. The van der Waals surface area contributed by atoms with Crippen LogP contribution in [0.3, 0.4) is 0 Å². The maximum Gasteiger partial charge on any atom is 0.253 e. The summed E-state index contributed by atoms with van der Waals surface area (Å²) in [5.41, 5.74) is 1.07. The van der Waals surface area contributed by atoms with Crippen molar-refractivity contribution in [3.8, 4) is 0 Å². The van der Waals surface area contributed by atoms with Gasteiger partial charge >= 0.3 is 0 Å². The first kappa shape index (κ1) is 19.3. The van der Waals surface area contributed by atoms with E-state index in [9.17, 15) is 9.59 Å². The van der Waals surface area contributed by atoms with Crippen LogP contribution in [0.4, 0.5) is 0 Å². The molecule has 6 heteroatoms. The zero-order chi connectivity index (χ0) is 20.9. The Balaban J connectivity index is 1.47. The van der Waals surface area contributed by atoms with Crippen LogP contribution in [0.2, 0.25) is 0 Å². The van der Waals surface area contributed by atoms with Gasteiger partial charge in [0.25, 0.3) is 5.91 Å². The second kappa shape index (κ2) is 7.25. The lowest BCUT2D eigenvalue weighted by Crippen LogP contribution is -2.41. The molecule has 1 aliphatic carbocycles. The van der Waals surface area contributed by atoms with E-state index in [2.05, 4.69) is 29.5 Å². The molecule has 158 valence electrons. The van der Waals surface area contributed by atoms with Gasteiger partial charge in [-0.1, -0.05) is 18.2 Å². The smallest absolute Gasteiger partial charge is 0.253 e. The minimum absolute atomic E-state index is 0.00853. The Hall–Kier alpha value is -2.63. The van der Waals surface area contributed by atoms with Crippen LogP contribution in [0.25, 0.3) is 0 Å². The van der Waals surface area contributed by atoms with E-state index >= 15 is 0 Å². The number of carbonyl (C=O) groups is 2. The molecule has 3 fully saturated rings. The molecule has 0 unspecified atom stereocenters. The summed E-state index contributed by atoms with van der Waals surface area (Å²) in [6.45, 7) is 6.95. The molecule has 30 heavy (non-hydrogen) atoms.